The summed E-state index contributed by atoms with van der Waals surface area (Å²) < 4.78 is 5.49. The Bertz CT molecular complexity index is 66.3. The van der Waals surface area contributed by atoms with Gasteiger partial charge >= 0.3 is 72.1 Å². The monoisotopic (exact) mass is 156 g/mol. The van der Waals surface area contributed by atoms with E-state index in [0.717, 1.165) is 13.0 Å². The molecule has 0 fully saturated rings. The fraction of sp³-hybridized carbons (Fsp3) is 1.00. The Hall–Kier alpha value is 0.492. The fourth-order valence-corrected chi connectivity index (χ4v) is 1.22. The number of hydrogen-bond donors (Lipinski definition) is 0. The van der Waals surface area contributed by atoms with E-state index in [-0.39, 0.29) is 0 Å². The van der Waals surface area contributed by atoms with Crippen LogP contribution in [0.25, 0.3) is 0 Å². The molecule has 1 atom stereocenters. The van der Waals surface area contributed by atoms with E-state index in [1.807, 2.05) is 0 Å². The van der Waals surface area contributed by atoms with Gasteiger partial charge in [0.25, 0.3) is 0 Å². The first-order valence-electron chi connectivity index (χ1n) is 4.18. The second-order valence-corrected chi connectivity index (χ2v) is 3.30. The van der Waals surface area contributed by atoms with E-state index < -0.39 is 0 Å². The van der Waals surface area contributed by atoms with Gasteiger partial charge < -0.3 is 0 Å². The van der Waals surface area contributed by atoms with E-state index in [9.17, 15) is 0 Å². The van der Waals surface area contributed by atoms with Crippen LogP contribution in [0.2, 0.25) is 0 Å². The quantitative estimate of drug-likeness (QED) is 0.422. The SMILES string of the molecule is CCCCO[CH]([Al+2])CCC. The zero-order valence-electron chi connectivity index (χ0n) is 7.10. The first-order chi connectivity index (χ1) is 4.81. The van der Waals surface area contributed by atoms with Crippen LogP contribution in [-0.2, 0) is 4.74 Å². The molecule has 0 aliphatic carbocycles. The molecule has 2 heteroatoms. The normalized spacial score (nSPS) is 13.6. The molecule has 10 heavy (non-hydrogen) atoms. The Balaban J connectivity index is 2.97. The zero-order valence-corrected chi connectivity index (χ0v) is 8.25. The average Bonchev–Trinajstić information content (AvgIpc) is 1.89. The molecular weight excluding hydrogens is 139 g/mol. The predicted molar refractivity (Wildman–Crippen MR) is 45.3 cm³/mol. The van der Waals surface area contributed by atoms with Crippen molar-refractivity contribution >= 4 is 16.3 Å². The summed E-state index contributed by atoms with van der Waals surface area (Å²) in [6.07, 6.45) is 4.78. The first-order valence-corrected chi connectivity index (χ1v) is 4.85. The molecule has 0 rings (SSSR count). The van der Waals surface area contributed by atoms with Crippen LogP contribution in [0.4, 0.5) is 0 Å². The van der Waals surface area contributed by atoms with Crippen molar-refractivity contribution in [3.8, 4) is 0 Å². The van der Waals surface area contributed by atoms with E-state index >= 15 is 0 Å². The van der Waals surface area contributed by atoms with Crippen molar-refractivity contribution in [1.29, 1.82) is 0 Å². The van der Waals surface area contributed by atoms with Gasteiger partial charge in [0.05, 0.1) is 0 Å². The van der Waals surface area contributed by atoms with Gasteiger partial charge in [0.1, 0.15) is 0 Å². The summed E-state index contributed by atoms with van der Waals surface area (Å²) in [4.78, 5) is 0.386. The van der Waals surface area contributed by atoms with Gasteiger partial charge in [0, 0.05) is 0 Å². The molecule has 0 N–H and O–H groups in total. The summed E-state index contributed by atoms with van der Waals surface area (Å²) in [6.45, 7) is 5.28. The van der Waals surface area contributed by atoms with Crippen molar-refractivity contribution in [2.45, 2.75) is 44.5 Å². The van der Waals surface area contributed by atoms with Crippen LogP contribution >= 0.6 is 0 Å². The van der Waals surface area contributed by atoms with E-state index in [0.29, 0.717) is 4.97 Å². The van der Waals surface area contributed by atoms with Crippen LogP contribution in [0, 0.1) is 0 Å². The van der Waals surface area contributed by atoms with E-state index in [2.05, 4.69) is 30.1 Å². The summed E-state index contributed by atoms with van der Waals surface area (Å²) >= 11 is 2.73. The Morgan fingerprint density at radius 1 is 1.30 bits per heavy atom. The predicted octanol–water partition coefficient (Wildman–Crippen LogP) is 2.10. The van der Waals surface area contributed by atoms with Gasteiger partial charge in [0.2, 0.25) is 0 Å². The van der Waals surface area contributed by atoms with Crippen LogP contribution in [0.1, 0.15) is 39.5 Å². The molecule has 1 unspecified atom stereocenters. The van der Waals surface area contributed by atoms with Gasteiger partial charge in [0.15, 0.2) is 0 Å². The van der Waals surface area contributed by atoms with Crippen LogP contribution in [0.15, 0.2) is 0 Å². The van der Waals surface area contributed by atoms with Crippen LogP contribution < -0.4 is 0 Å². The Kier molecular flexibility index (Phi) is 7.97. The standard InChI is InChI=1S/C8H17O.Al/c1-3-5-7-9-8-6-4-2;/h7H,3-6,8H2,1-2H3;/q;+2. The summed E-state index contributed by atoms with van der Waals surface area (Å²) in [5.74, 6) is 0. The molecule has 0 radical (unpaired) electrons. The Labute approximate surface area is 72.6 Å². The molecule has 0 bridgehead atoms. The molecule has 0 aromatic rings. The average molecular weight is 156 g/mol. The van der Waals surface area contributed by atoms with Gasteiger partial charge in [-0.2, -0.15) is 0 Å². The van der Waals surface area contributed by atoms with Crippen molar-refractivity contribution in [2.24, 2.45) is 0 Å². The van der Waals surface area contributed by atoms with Crippen molar-refractivity contribution < 1.29 is 4.74 Å². The zero-order chi connectivity index (χ0) is 7.82. The van der Waals surface area contributed by atoms with Crippen LogP contribution in [-0.4, -0.2) is 27.9 Å². The molecule has 0 amide bonds. The Morgan fingerprint density at radius 3 is 2.50 bits per heavy atom. The minimum atomic E-state index is 0.386. The molecular formula is C8H17AlO+2. The molecule has 1 nitrogen and oxygen atoms in total. The van der Waals surface area contributed by atoms with Gasteiger partial charge in [-0.1, -0.05) is 0 Å². The Morgan fingerprint density at radius 2 is 2.00 bits per heavy atom. The molecule has 0 aromatic carbocycles. The third kappa shape index (κ3) is 6.61. The number of unbranched alkanes of at least 4 members (excludes halogenated alkanes) is 1. The molecule has 56 valence electrons. The topological polar surface area (TPSA) is 9.23 Å². The number of hydrogen-bond acceptors (Lipinski definition) is 1. The van der Waals surface area contributed by atoms with Crippen molar-refractivity contribution in [2.75, 3.05) is 6.61 Å². The minimum absolute atomic E-state index is 0.386. The maximum absolute atomic E-state index is 5.49. The molecule has 0 saturated heterocycles. The molecule has 0 spiro atoms. The van der Waals surface area contributed by atoms with Gasteiger partial charge in [-0.15, -0.1) is 0 Å². The summed E-state index contributed by atoms with van der Waals surface area (Å²) in [5, 5.41) is 0. The number of ether oxygens (including phenoxy) is 1. The van der Waals surface area contributed by atoms with Crippen LogP contribution in [0.5, 0.6) is 0 Å². The second-order valence-electron chi connectivity index (χ2n) is 2.55. The third-order valence-electron chi connectivity index (χ3n) is 1.40. The third-order valence-corrected chi connectivity index (χ3v) is 1.93. The van der Waals surface area contributed by atoms with Gasteiger partial charge in [-0.05, 0) is 0 Å². The van der Waals surface area contributed by atoms with Crippen LogP contribution in [0.3, 0.4) is 0 Å². The summed E-state index contributed by atoms with van der Waals surface area (Å²) in [5.41, 5.74) is 0. The molecule has 0 aromatic heterocycles. The molecule has 0 aliphatic heterocycles. The summed E-state index contributed by atoms with van der Waals surface area (Å²) in [7, 11) is 0. The fourth-order valence-electron chi connectivity index (χ4n) is 0.747. The van der Waals surface area contributed by atoms with Gasteiger partial charge in [-0.3, -0.25) is 0 Å². The van der Waals surface area contributed by atoms with E-state index in [1.54, 1.807) is 0 Å². The second kappa shape index (κ2) is 7.60. The van der Waals surface area contributed by atoms with Crippen molar-refractivity contribution in [3.05, 3.63) is 0 Å². The van der Waals surface area contributed by atoms with Crippen molar-refractivity contribution in [3.63, 3.8) is 0 Å². The van der Waals surface area contributed by atoms with Crippen molar-refractivity contribution in [1.82, 2.24) is 0 Å². The van der Waals surface area contributed by atoms with E-state index in [4.69, 9.17) is 4.74 Å². The molecule has 0 saturated carbocycles. The molecule has 0 aliphatic rings. The maximum atomic E-state index is 5.49. The number of rotatable bonds is 6. The summed E-state index contributed by atoms with van der Waals surface area (Å²) in [6, 6.07) is 0. The van der Waals surface area contributed by atoms with Gasteiger partial charge in [-0.25, -0.2) is 0 Å². The van der Waals surface area contributed by atoms with E-state index in [1.165, 1.54) is 19.3 Å². The first kappa shape index (κ1) is 10.5. The molecule has 0 heterocycles.